The van der Waals surface area contributed by atoms with Crippen molar-refractivity contribution in [1.82, 2.24) is 14.5 Å². The van der Waals surface area contributed by atoms with Gasteiger partial charge in [0.25, 0.3) is 5.56 Å². The Bertz CT molecular complexity index is 1110. The van der Waals surface area contributed by atoms with Crippen molar-refractivity contribution in [3.63, 3.8) is 0 Å². The van der Waals surface area contributed by atoms with Crippen LogP contribution in [0.3, 0.4) is 0 Å². The van der Waals surface area contributed by atoms with Crippen LogP contribution in [0.25, 0.3) is 10.9 Å². The van der Waals surface area contributed by atoms with E-state index in [-0.39, 0.29) is 24.2 Å². The summed E-state index contributed by atoms with van der Waals surface area (Å²) < 4.78 is 6.72. The van der Waals surface area contributed by atoms with E-state index in [0.717, 1.165) is 35.0 Å². The van der Waals surface area contributed by atoms with Gasteiger partial charge in [0.2, 0.25) is 0 Å². The Balaban J connectivity index is 1.74. The predicted octanol–water partition coefficient (Wildman–Crippen LogP) is 2.76. The van der Waals surface area contributed by atoms with Crippen molar-refractivity contribution >= 4 is 28.2 Å². The SMILES string of the molecule is COc1ncc(Cl)c(Cc2ccc3c(c2)c(N[C@H](CO)C2CC2)cc(=O)n3C)n1. The van der Waals surface area contributed by atoms with Crippen LogP contribution in [0.2, 0.25) is 5.02 Å². The number of aromatic nitrogens is 3. The summed E-state index contributed by atoms with van der Waals surface area (Å²) in [5.41, 5.74) is 3.13. The van der Waals surface area contributed by atoms with Crippen LogP contribution in [0.1, 0.15) is 24.1 Å². The van der Waals surface area contributed by atoms with Crippen molar-refractivity contribution in [2.45, 2.75) is 25.3 Å². The molecule has 7 nitrogen and oxygen atoms in total. The first kappa shape index (κ1) is 19.7. The van der Waals surface area contributed by atoms with Crippen LogP contribution >= 0.6 is 11.6 Å². The van der Waals surface area contributed by atoms with Gasteiger partial charge in [0.1, 0.15) is 0 Å². The molecule has 1 atom stereocenters. The number of halogens is 1. The maximum atomic E-state index is 12.4. The second-order valence-electron chi connectivity index (χ2n) is 7.41. The van der Waals surface area contributed by atoms with Crippen LogP contribution in [-0.2, 0) is 13.5 Å². The second kappa shape index (κ2) is 8.00. The smallest absolute Gasteiger partial charge is 0.316 e. The summed E-state index contributed by atoms with van der Waals surface area (Å²) in [6.07, 6.45) is 4.23. The van der Waals surface area contributed by atoms with E-state index in [1.165, 1.54) is 13.3 Å². The molecule has 8 heteroatoms. The van der Waals surface area contributed by atoms with Gasteiger partial charge in [-0.15, -0.1) is 0 Å². The average Bonchev–Trinajstić information content (AvgIpc) is 3.56. The molecule has 1 saturated carbocycles. The summed E-state index contributed by atoms with van der Waals surface area (Å²) in [7, 11) is 3.27. The lowest BCUT2D eigenvalue weighted by Crippen LogP contribution is -2.27. The largest absolute Gasteiger partial charge is 0.467 e. The van der Waals surface area contributed by atoms with Gasteiger partial charge in [-0.05, 0) is 36.5 Å². The molecule has 0 amide bonds. The molecule has 1 aromatic carbocycles. The first-order valence-electron chi connectivity index (χ1n) is 9.55. The number of aryl methyl sites for hydroxylation is 1. The molecule has 0 saturated heterocycles. The minimum absolute atomic E-state index is 0.0391. The predicted molar refractivity (Wildman–Crippen MR) is 113 cm³/mol. The molecular formula is C21H23ClN4O3. The second-order valence-corrected chi connectivity index (χ2v) is 7.81. The number of hydrogen-bond donors (Lipinski definition) is 2. The van der Waals surface area contributed by atoms with Gasteiger partial charge in [-0.3, -0.25) is 4.79 Å². The molecule has 1 fully saturated rings. The molecule has 1 aliphatic carbocycles. The molecule has 0 spiro atoms. The van der Waals surface area contributed by atoms with Gasteiger partial charge in [-0.1, -0.05) is 17.7 Å². The number of benzene rings is 1. The third-order valence-corrected chi connectivity index (χ3v) is 5.70. The lowest BCUT2D eigenvalue weighted by molar-refractivity contribution is 0.263. The lowest BCUT2D eigenvalue weighted by atomic mass is 10.0. The molecule has 0 aliphatic heterocycles. The maximum Gasteiger partial charge on any atom is 0.316 e. The van der Waals surface area contributed by atoms with Crippen LogP contribution < -0.4 is 15.6 Å². The number of anilines is 1. The summed E-state index contributed by atoms with van der Waals surface area (Å²) in [4.78, 5) is 20.8. The van der Waals surface area contributed by atoms with E-state index in [1.54, 1.807) is 17.7 Å². The molecule has 2 heterocycles. The number of nitrogens with one attached hydrogen (secondary N) is 1. The van der Waals surface area contributed by atoms with Crippen LogP contribution in [-0.4, -0.2) is 39.4 Å². The van der Waals surface area contributed by atoms with Crippen LogP contribution in [0, 0.1) is 5.92 Å². The molecule has 3 aromatic rings. The number of rotatable bonds is 7. The van der Waals surface area contributed by atoms with Crippen LogP contribution in [0.4, 0.5) is 5.69 Å². The Labute approximate surface area is 173 Å². The first-order chi connectivity index (χ1) is 14.0. The van der Waals surface area contributed by atoms with E-state index in [9.17, 15) is 9.90 Å². The van der Waals surface area contributed by atoms with Crippen LogP contribution in [0.5, 0.6) is 6.01 Å². The molecular weight excluding hydrogens is 392 g/mol. The highest BCUT2D eigenvalue weighted by Gasteiger charge is 2.31. The van der Waals surface area contributed by atoms with Gasteiger partial charge in [0, 0.05) is 30.6 Å². The number of aliphatic hydroxyl groups is 1. The van der Waals surface area contributed by atoms with Gasteiger partial charge < -0.3 is 19.7 Å². The molecule has 0 bridgehead atoms. The Morgan fingerprint density at radius 1 is 1.38 bits per heavy atom. The minimum Gasteiger partial charge on any atom is -0.467 e. The minimum atomic E-state index is -0.0937. The Hall–Kier alpha value is -2.64. The van der Waals surface area contributed by atoms with Gasteiger partial charge >= 0.3 is 6.01 Å². The van der Waals surface area contributed by atoms with E-state index in [4.69, 9.17) is 16.3 Å². The van der Waals surface area contributed by atoms with E-state index >= 15 is 0 Å². The topological polar surface area (TPSA) is 89.3 Å². The van der Waals surface area contributed by atoms with E-state index in [2.05, 4.69) is 15.3 Å². The van der Waals surface area contributed by atoms with Crippen molar-refractivity contribution in [2.75, 3.05) is 19.0 Å². The van der Waals surface area contributed by atoms with E-state index in [0.29, 0.717) is 23.1 Å². The number of hydrogen-bond acceptors (Lipinski definition) is 6. The highest BCUT2D eigenvalue weighted by atomic mass is 35.5. The molecule has 2 aromatic heterocycles. The third kappa shape index (κ3) is 4.06. The molecule has 1 aliphatic rings. The number of pyridine rings is 1. The number of nitrogens with zero attached hydrogens (tertiary/aromatic N) is 3. The van der Waals surface area contributed by atoms with Crippen molar-refractivity contribution in [2.24, 2.45) is 13.0 Å². The van der Waals surface area contributed by atoms with Crippen molar-refractivity contribution < 1.29 is 9.84 Å². The lowest BCUT2D eigenvalue weighted by Gasteiger charge is -2.19. The normalized spacial score (nSPS) is 14.8. The number of aliphatic hydroxyl groups excluding tert-OH is 1. The fraction of sp³-hybridized carbons (Fsp3) is 0.381. The molecule has 2 N–H and O–H groups in total. The number of ether oxygens (including phenoxy) is 1. The van der Waals surface area contributed by atoms with Crippen LogP contribution in [0.15, 0.2) is 35.3 Å². The quantitative estimate of drug-likeness (QED) is 0.618. The molecule has 29 heavy (non-hydrogen) atoms. The van der Waals surface area contributed by atoms with E-state index < -0.39 is 0 Å². The fourth-order valence-corrected chi connectivity index (χ4v) is 3.71. The first-order valence-corrected chi connectivity index (χ1v) is 9.93. The Morgan fingerprint density at radius 2 is 2.17 bits per heavy atom. The standard InChI is InChI=1S/C21H23ClN4O3/c1-26-19-6-3-12(8-17-15(22)10-23-21(25-17)29-2)7-14(19)16(9-20(26)28)24-18(11-27)13-4-5-13/h3,6-7,9-10,13,18,24,27H,4-5,8,11H2,1-2H3/t18-/m1/s1. The fourth-order valence-electron chi connectivity index (χ4n) is 3.55. The average molecular weight is 415 g/mol. The molecule has 152 valence electrons. The molecule has 0 radical (unpaired) electrons. The summed E-state index contributed by atoms with van der Waals surface area (Å²) in [5.74, 6) is 0.453. The van der Waals surface area contributed by atoms with Crippen molar-refractivity contribution in [3.05, 3.63) is 57.1 Å². The van der Waals surface area contributed by atoms with Gasteiger partial charge in [0.15, 0.2) is 0 Å². The zero-order chi connectivity index (χ0) is 20.5. The van der Waals surface area contributed by atoms with Gasteiger partial charge in [-0.2, -0.15) is 4.98 Å². The monoisotopic (exact) mass is 414 g/mol. The van der Waals surface area contributed by atoms with Gasteiger partial charge in [-0.25, -0.2) is 4.98 Å². The van der Waals surface area contributed by atoms with Gasteiger partial charge in [0.05, 0.1) is 42.2 Å². The van der Waals surface area contributed by atoms with Crippen molar-refractivity contribution in [1.29, 1.82) is 0 Å². The number of methoxy groups -OCH3 is 1. The maximum absolute atomic E-state index is 12.4. The molecule has 4 rings (SSSR count). The summed E-state index contributed by atoms with van der Waals surface area (Å²) in [5, 5.41) is 14.5. The molecule has 0 unspecified atom stereocenters. The highest BCUT2D eigenvalue weighted by molar-refractivity contribution is 6.31. The summed E-state index contributed by atoms with van der Waals surface area (Å²) in [6.45, 7) is 0.0391. The Morgan fingerprint density at radius 3 is 2.86 bits per heavy atom. The summed E-state index contributed by atoms with van der Waals surface area (Å²) >= 11 is 6.26. The Kier molecular flexibility index (Phi) is 5.43. The third-order valence-electron chi connectivity index (χ3n) is 5.39. The highest BCUT2D eigenvalue weighted by Crippen LogP contribution is 2.35. The summed E-state index contributed by atoms with van der Waals surface area (Å²) in [6, 6.07) is 7.73. The number of fused-ring (bicyclic) bond motifs is 1. The zero-order valence-corrected chi connectivity index (χ0v) is 17.1. The zero-order valence-electron chi connectivity index (χ0n) is 16.4. The van der Waals surface area contributed by atoms with Crippen molar-refractivity contribution in [3.8, 4) is 6.01 Å². The van der Waals surface area contributed by atoms with E-state index in [1.807, 2.05) is 18.2 Å².